The second-order valence-corrected chi connectivity index (χ2v) is 10.1. The highest BCUT2D eigenvalue weighted by atomic mass is 16.2. The summed E-state index contributed by atoms with van der Waals surface area (Å²) in [5, 5.41) is 6.24. The molecule has 0 aromatic heterocycles. The lowest BCUT2D eigenvalue weighted by molar-refractivity contribution is -0.147. The summed E-state index contributed by atoms with van der Waals surface area (Å²) in [6.07, 6.45) is 4.21. The zero-order valence-electron chi connectivity index (χ0n) is 19.6. The van der Waals surface area contributed by atoms with Crippen molar-refractivity contribution in [3.05, 3.63) is 0 Å². The maximum Gasteiger partial charge on any atom is 0.242 e. The number of hydrogen-bond donors (Lipinski definition) is 2. The first kappa shape index (κ1) is 24.6. The molecule has 1 spiro atoms. The quantitative estimate of drug-likeness (QED) is 0.726. The van der Waals surface area contributed by atoms with E-state index in [1.807, 2.05) is 4.90 Å². The summed E-state index contributed by atoms with van der Waals surface area (Å²) in [6.45, 7) is 14.2. The van der Waals surface area contributed by atoms with Crippen LogP contribution in [0.5, 0.6) is 0 Å². The van der Waals surface area contributed by atoms with Crippen LogP contribution in [0.1, 0.15) is 66.7 Å². The van der Waals surface area contributed by atoms with Crippen LogP contribution in [0.4, 0.5) is 0 Å². The SMILES string of the molecule is CC(C)C.CC(C)C[C@@H]1NCCN(CC(=O)N2CCC3(CCCNC3=O)CC2)C1=O. The van der Waals surface area contributed by atoms with Crippen molar-refractivity contribution >= 4 is 17.7 Å². The fraction of sp³-hybridized carbons (Fsp3) is 0.870. The normalized spacial score (nSPS) is 24.0. The van der Waals surface area contributed by atoms with Crippen LogP contribution in [0, 0.1) is 17.3 Å². The third-order valence-corrected chi connectivity index (χ3v) is 6.09. The van der Waals surface area contributed by atoms with E-state index in [1.165, 1.54) is 0 Å². The standard InChI is InChI=1S/C19H32N4O3.C4H10/c1-14(2)12-15-17(25)23(11-8-20-15)13-16(24)22-9-5-19(6-10-22)4-3-7-21-18(19)26;1-4(2)3/h14-15,20H,3-13H2,1-2H3,(H,21,26);4H,1-3H3/t15-;/m0./s1. The molecule has 3 saturated heterocycles. The molecule has 0 aromatic rings. The molecule has 3 aliphatic rings. The summed E-state index contributed by atoms with van der Waals surface area (Å²) < 4.78 is 0. The van der Waals surface area contributed by atoms with Crippen LogP contribution >= 0.6 is 0 Å². The first-order chi connectivity index (χ1) is 14.1. The number of piperazine rings is 1. The van der Waals surface area contributed by atoms with Gasteiger partial charge in [-0.3, -0.25) is 14.4 Å². The molecule has 2 N–H and O–H groups in total. The molecule has 3 amide bonds. The molecular weight excluding hydrogens is 380 g/mol. The van der Waals surface area contributed by atoms with Gasteiger partial charge in [0.05, 0.1) is 18.0 Å². The Labute approximate surface area is 182 Å². The van der Waals surface area contributed by atoms with Crippen molar-refractivity contribution in [2.45, 2.75) is 72.8 Å². The van der Waals surface area contributed by atoms with Gasteiger partial charge in [-0.25, -0.2) is 0 Å². The highest BCUT2D eigenvalue weighted by Gasteiger charge is 2.43. The van der Waals surface area contributed by atoms with Gasteiger partial charge in [0.15, 0.2) is 0 Å². The zero-order valence-corrected chi connectivity index (χ0v) is 19.6. The van der Waals surface area contributed by atoms with Crippen LogP contribution in [-0.4, -0.2) is 72.8 Å². The Morgan fingerprint density at radius 1 is 1.03 bits per heavy atom. The molecule has 1 atom stereocenters. The molecule has 172 valence electrons. The number of likely N-dealkylation sites (tertiary alicyclic amines) is 1. The van der Waals surface area contributed by atoms with E-state index in [0.717, 1.165) is 51.1 Å². The Bertz CT molecular complexity index is 595. The molecule has 0 unspecified atom stereocenters. The van der Waals surface area contributed by atoms with Gasteiger partial charge in [0.1, 0.15) is 0 Å². The maximum atomic E-state index is 12.7. The molecule has 3 fully saturated rings. The molecule has 3 aliphatic heterocycles. The van der Waals surface area contributed by atoms with E-state index in [2.05, 4.69) is 45.3 Å². The van der Waals surface area contributed by atoms with Crippen molar-refractivity contribution in [2.24, 2.45) is 17.3 Å². The Morgan fingerprint density at radius 3 is 2.23 bits per heavy atom. The van der Waals surface area contributed by atoms with Crippen LogP contribution in [0.25, 0.3) is 0 Å². The first-order valence-electron chi connectivity index (χ1n) is 11.7. The lowest BCUT2D eigenvalue weighted by atomic mass is 9.72. The summed E-state index contributed by atoms with van der Waals surface area (Å²) in [6, 6.07) is -0.174. The Morgan fingerprint density at radius 2 is 1.67 bits per heavy atom. The molecule has 3 rings (SSSR count). The molecule has 0 aliphatic carbocycles. The lowest BCUT2D eigenvalue weighted by Crippen LogP contribution is -2.58. The van der Waals surface area contributed by atoms with Crippen LogP contribution < -0.4 is 10.6 Å². The Balaban J connectivity index is 0.000000735. The highest BCUT2D eigenvalue weighted by molar-refractivity contribution is 5.88. The number of nitrogens with one attached hydrogen (secondary N) is 2. The molecule has 3 heterocycles. The van der Waals surface area contributed by atoms with E-state index in [0.29, 0.717) is 25.6 Å². The van der Waals surface area contributed by atoms with Gasteiger partial charge in [0.2, 0.25) is 17.7 Å². The summed E-state index contributed by atoms with van der Waals surface area (Å²) >= 11 is 0. The Kier molecular flexibility index (Phi) is 9.13. The molecule has 0 bridgehead atoms. The second kappa shape index (κ2) is 11.1. The van der Waals surface area contributed by atoms with Gasteiger partial charge in [-0.2, -0.15) is 0 Å². The average molecular weight is 423 g/mol. The van der Waals surface area contributed by atoms with Crippen LogP contribution in [-0.2, 0) is 14.4 Å². The molecule has 0 saturated carbocycles. The first-order valence-corrected chi connectivity index (χ1v) is 11.7. The fourth-order valence-electron chi connectivity index (χ4n) is 4.46. The third kappa shape index (κ3) is 6.69. The van der Waals surface area contributed by atoms with Crippen molar-refractivity contribution in [1.82, 2.24) is 20.4 Å². The van der Waals surface area contributed by atoms with E-state index in [-0.39, 0.29) is 35.7 Å². The number of piperidine rings is 2. The summed E-state index contributed by atoms with van der Waals surface area (Å²) in [5.41, 5.74) is -0.276. The predicted octanol–water partition coefficient (Wildman–Crippen LogP) is 2.01. The smallest absolute Gasteiger partial charge is 0.242 e. The number of carbonyl (C=O) groups is 3. The average Bonchev–Trinajstić information content (AvgIpc) is 2.67. The predicted molar refractivity (Wildman–Crippen MR) is 119 cm³/mol. The molecule has 30 heavy (non-hydrogen) atoms. The number of hydrogen-bond acceptors (Lipinski definition) is 4. The van der Waals surface area contributed by atoms with E-state index in [1.54, 1.807) is 4.90 Å². The van der Waals surface area contributed by atoms with Crippen molar-refractivity contribution in [1.29, 1.82) is 0 Å². The molecule has 7 nitrogen and oxygen atoms in total. The van der Waals surface area contributed by atoms with Gasteiger partial charge in [0.25, 0.3) is 0 Å². The van der Waals surface area contributed by atoms with Crippen molar-refractivity contribution in [2.75, 3.05) is 39.3 Å². The number of amides is 3. The van der Waals surface area contributed by atoms with Gasteiger partial charge in [-0.05, 0) is 43.9 Å². The lowest BCUT2D eigenvalue weighted by Gasteiger charge is -2.43. The minimum Gasteiger partial charge on any atom is -0.356 e. The van der Waals surface area contributed by atoms with Gasteiger partial charge in [-0.15, -0.1) is 0 Å². The van der Waals surface area contributed by atoms with Gasteiger partial charge in [0, 0.05) is 32.7 Å². The topological polar surface area (TPSA) is 81.8 Å². The van der Waals surface area contributed by atoms with Crippen LogP contribution in [0.2, 0.25) is 0 Å². The minimum absolute atomic E-state index is 0.00890. The van der Waals surface area contributed by atoms with Gasteiger partial charge >= 0.3 is 0 Å². The van der Waals surface area contributed by atoms with E-state index < -0.39 is 0 Å². The number of nitrogens with zero attached hydrogens (tertiary/aromatic N) is 2. The minimum atomic E-state index is -0.276. The third-order valence-electron chi connectivity index (χ3n) is 6.09. The molecule has 0 aromatic carbocycles. The number of rotatable bonds is 4. The highest BCUT2D eigenvalue weighted by Crippen LogP contribution is 2.38. The van der Waals surface area contributed by atoms with Gasteiger partial charge in [-0.1, -0.05) is 34.6 Å². The number of carbonyl (C=O) groups excluding carboxylic acids is 3. The monoisotopic (exact) mass is 422 g/mol. The van der Waals surface area contributed by atoms with Crippen LogP contribution in [0.3, 0.4) is 0 Å². The van der Waals surface area contributed by atoms with Crippen molar-refractivity contribution < 1.29 is 14.4 Å². The summed E-state index contributed by atoms with van der Waals surface area (Å²) in [5.74, 6) is 1.48. The molecule has 7 heteroatoms. The van der Waals surface area contributed by atoms with Crippen molar-refractivity contribution in [3.63, 3.8) is 0 Å². The van der Waals surface area contributed by atoms with Gasteiger partial charge < -0.3 is 20.4 Å². The van der Waals surface area contributed by atoms with Crippen LogP contribution in [0.15, 0.2) is 0 Å². The second-order valence-electron chi connectivity index (χ2n) is 10.1. The zero-order chi connectivity index (χ0) is 22.3. The maximum absolute atomic E-state index is 12.7. The molecular formula is C23H42N4O3. The van der Waals surface area contributed by atoms with E-state index in [9.17, 15) is 14.4 Å². The van der Waals surface area contributed by atoms with E-state index in [4.69, 9.17) is 0 Å². The summed E-state index contributed by atoms with van der Waals surface area (Å²) in [7, 11) is 0. The van der Waals surface area contributed by atoms with Crippen molar-refractivity contribution in [3.8, 4) is 0 Å². The summed E-state index contributed by atoms with van der Waals surface area (Å²) in [4.78, 5) is 41.1. The largest absolute Gasteiger partial charge is 0.356 e. The fourth-order valence-corrected chi connectivity index (χ4v) is 4.46. The van der Waals surface area contributed by atoms with E-state index >= 15 is 0 Å². The Hall–Kier alpha value is -1.63. The molecule has 0 radical (unpaired) electrons.